The summed E-state index contributed by atoms with van der Waals surface area (Å²) in [6, 6.07) is 3.32. The first-order chi connectivity index (χ1) is 12.5. The van der Waals surface area contributed by atoms with Crippen molar-refractivity contribution in [1.82, 2.24) is 20.3 Å². The number of amides is 2. The lowest BCUT2D eigenvalue weighted by molar-refractivity contribution is 0.0950. The first-order valence-electron chi connectivity index (χ1n) is 7.85. The fourth-order valence-corrected chi connectivity index (χ4v) is 3.25. The maximum absolute atomic E-state index is 12.7. The molecule has 0 radical (unpaired) electrons. The predicted octanol–water partition coefficient (Wildman–Crippen LogP) is 2.25. The second-order valence-electron chi connectivity index (χ2n) is 5.72. The van der Waals surface area contributed by atoms with Gasteiger partial charge < -0.3 is 11.1 Å². The third-order valence-electron chi connectivity index (χ3n) is 3.84. The molecule has 0 aliphatic heterocycles. The van der Waals surface area contributed by atoms with Crippen LogP contribution in [0, 0.1) is 13.8 Å². The molecule has 0 aliphatic carbocycles. The average molecular weight is 367 g/mol. The van der Waals surface area contributed by atoms with Crippen molar-refractivity contribution in [1.29, 1.82) is 0 Å². The lowest BCUT2D eigenvalue weighted by Gasteiger charge is -2.12. The Morgan fingerprint density at radius 2 is 1.96 bits per heavy atom. The van der Waals surface area contributed by atoms with Gasteiger partial charge in [0.1, 0.15) is 5.01 Å². The summed E-state index contributed by atoms with van der Waals surface area (Å²) in [5.41, 5.74) is 8.73. The molecule has 2 heterocycles. The minimum absolute atomic E-state index is 0.281. The van der Waals surface area contributed by atoms with Crippen LogP contribution >= 0.6 is 11.3 Å². The van der Waals surface area contributed by atoms with Crippen LogP contribution in [0.3, 0.4) is 0 Å². The molecule has 7 nitrogen and oxygen atoms in total. The SMILES string of the molecule is Cc1csc(CNC(=O)c2cc(-c3cnccn3)cc(C(N)=O)c2C)n1. The molecular weight excluding hydrogens is 350 g/mol. The summed E-state index contributed by atoms with van der Waals surface area (Å²) in [4.78, 5) is 37.1. The fraction of sp³-hybridized carbons (Fsp3) is 0.167. The monoisotopic (exact) mass is 367 g/mol. The highest BCUT2D eigenvalue weighted by atomic mass is 32.1. The number of rotatable bonds is 5. The lowest BCUT2D eigenvalue weighted by Crippen LogP contribution is -2.25. The molecule has 132 valence electrons. The average Bonchev–Trinajstić information content (AvgIpc) is 3.05. The van der Waals surface area contributed by atoms with E-state index < -0.39 is 5.91 Å². The van der Waals surface area contributed by atoms with Crippen molar-refractivity contribution in [2.75, 3.05) is 0 Å². The van der Waals surface area contributed by atoms with Gasteiger partial charge in [0, 0.05) is 40.2 Å². The fourth-order valence-electron chi connectivity index (χ4n) is 2.54. The smallest absolute Gasteiger partial charge is 0.251 e. The molecule has 8 heteroatoms. The van der Waals surface area contributed by atoms with Crippen LogP contribution in [-0.4, -0.2) is 26.8 Å². The van der Waals surface area contributed by atoms with Crippen molar-refractivity contribution in [3.8, 4) is 11.3 Å². The van der Waals surface area contributed by atoms with Gasteiger partial charge in [0.25, 0.3) is 5.91 Å². The molecule has 2 amide bonds. The number of hydrogen-bond acceptors (Lipinski definition) is 6. The quantitative estimate of drug-likeness (QED) is 0.718. The second kappa shape index (κ2) is 7.40. The van der Waals surface area contributed by atoms with Crippen molar-refractivity contribution in [2.24, 2.45) is 5.73 Å². The van der Waals surface area contributed by atoms with Crippen LogP contribution < -0.4 is 11.1 Å². The predicted molar refractivity (Wildman–Crippen MR) is 98.7 cm³/mol. The van der Waals surface area contributed by atoms with E-state index in [-0.39, 0.29) is 11.5 Å². The van der Waals surface area contributed by atoms with E-state index in [0.29, 0.717) is 28.9 Å². The maximum atomic E-state index is 12.7. The highest BCUT2D eigenvalue weighted by Crippen LogP contribution is 2.24. The third kappa shape index (κ3) is 3.75. The van der Waals surface area contributed by atoms with E-state index in [1.807, 2.05) is 12.3 Å². The molecule has 0 saturated carbocycles. The zero-order valence-electron chi connectivity index (χ0n) is 14.3. The number of thiazole rings is 1. The van der Waals surface area contributed by atoms with Crippen LogP contribution in [0.15, 0.2) is 36.1 Å². The summed E-state index contributed by atoms with van der Waals surface area (Å²) in [5.74, 6) is -0.901. The van der Waals surface area contributed by atoms with Crippen LogP contribution in [0.1, 0.15) is 37.0 Å². The largest absolute Gasteiger partial charge is 0.366 e. The van der Waals surface area contributed by atoms with Crippen molar-refractivity contribution in [2.45, 2.75) is 20.4 Å². The second-order valence-corrected chi connectivity index (χ2v) is 6.66. The van der Waals surface area contributed by atoms with E-state index >= 15 is 0 Å². The van der Waals surface area contributed by atoms with Gasteiger partial charge >= 0.3 is 0 Å². The number of benzene rings is 1. The Morgan fingerprint density at radius 3 is 2.58 bits per heavy atom. The molecule has 1 aromatic carbocycles. The van der Waals surface area contributed by atoms with Crippen LogP contribution in [0.4, 0.5) is 0 Å². The number of nitrogens with zero attached hydrogens (tertiary/aromatic N) is 3. The van der Waals surface area contributed by atoms with Gasteiger partial charge in [0.15, 0.2) is 0 Å². The first kappa shape index (κ1) is 17.7. The van der Waals surface area contributed by atoms with Crippen LogP contribution in [0.5, 0.6) is 0 Å². The Bertz CT molecular complexity index is 969. The number of hydrogen-bond donors (Lipinski definition) is 2. The highest BCUT2D eigenvalue weighted by molar-refractivity contribution is 7.09. The number of aryl methyl sites for hydroxylation is 1. The molecule has 3 N–H and O–H groups in total. The van der Waals surface area contributed by atoms with Crippen molar-refractivity contribution >= 4 is 23.2 Å². The van der Waals surface area contributed by atoms with Gasteiger partial charge in [0.2, 0.25) is 5.91 Å². The van der Waals surface area contributed by atoms with Crippen LogP contribution in [0.2, 0.25) is 0 Å². The highest BCUT2D eigenvalue weighted by Gasteiger charge is 2.18. The van der Waals surface area contributed by atoms with E-state index in [1.165, 1.54) is 11.3 Å². The van der Waals surface area contributed by atoms with E-state index in [0.717, 1.165) is 10.7 Å². The number of nitrogens with one attached hydrogen (secondary N) is 1. The van der Waals surface area contributed by atoms with Gasteiger partial charge in [0.05, 0.1) is 18.4 Å². The molecule has 0 fully saturated rings. The summed E-state index contributed by atoms with van der Waals surface area (Å²) in [6.45, 7) is 3.91. The van der Waals surface area contributed by atoms with Gasteiger partial charge in [-0.05, 0) is 31.5 Å². The molecule has 26 heavy (non-hydrogen) atoms. The number of carbonyl (C=O) groups excluding carboxylic acids is 2. The zero-order valence-corrected chi connectivity index (χ0v) is 15.1. The molecule has 0 aliphatic rings. The summed E-state index contributed by atoms with van der Waals surface area (Å²) in [5, 5.41) is 5.57. The summed E-state index contributed by atoms with van der Waals surface area (Å²) < 4.78 is 0. The summed E-state index contributed by atoms with van der Waals surface area (Å²) in [6.07, 6.45) is 4.66. The molecule has 3 rings (SSSR count). The number of primary amides is 1. The topological polar surface area (TPSA) is 111 Å². The Hall–Kier alpha value is -3.13. The van der Waals surface area contributed by atoms with Gasteiger partial charge in [-0.3, -0.25) is 19.6 Å². The third-order valence-corrected chi connectivity index (χ3v) is 4.81. The first-order valence-corrected chi connectivity index (χ1v) is 8.73. The summed E-state index contributed by atoms with van der Waals surface area (Å²) in [7, 11) is 0. The number of carbonyl (C=O) groups is 2. The van der Waals surface area contributed by atoms with Crippen molar-refractivity contribution in [3.63, 3.8) is 0 Å². The minimum Gasteiger partial charge on any atom is -0.366 e. The Balaban J connectivity index is 1.95. The molecule has 0 atom stereocenters. The number of aromatic nitrogens is 3. The molecule has 0 bridgehead atoms. The zero-order chi connectivity index (χ0) is 18.7. The Kier molecular flexibility index (Phi) is 5.04. The molecule has 2 aromatic heterocycles. The Morgan fingerprint density at radius 1 is 1.19 bits per heavy atom. The van der Waals surface area contributed by atoms with Crippen molar-refractivity contribution < 1.29 is 9.59 Å². The molecule has 0 unspecified atom stereocenters. The Labute approximate surface area is 154 Å². The van der Waals surface area contributed by atoms with Crippen molar-refractivity contribution in [3.05, 3.63) is 63.5 Å². The molecular formula is C18H17N5O2S. The normalized spacial score (nSPS) is 10.5. The van der Waals surface area contributed by atoms with E-state index in [9.17, 15) is 9.59 Å². The maximum Gasteiger partial charge on any atom is 0.251 e. The van der Waals surface area contributed by atoms with Gasteiger partial charge in [-0.25, -0.2) is 4.98 Å². The van der Waals surface area contributed by atoms with Gasteiger partial charge in [-0.15, -0.1) is 11.3 Å². The van der Waals surface area contributed by atoms with E-state index in [4.69, 9.17) is 5.73 Å². The van der Waals surface area contributed by atoms with E-state index in [1.54, 1.807) is 37.6 Å². The molecule has 0 saturated heterocycles. The lowest BCUT2D eigenvalue weighted by atomic mass is 9.96. The molecule has 3 aromatic rings. The summed E-state index contributed by atoms with van der Waals surface area (Å²) >= 11 is 1.48. The van der Waals surface area contributed by atoms with Crippen LogP contribution in [-0.2, 0) is 6.54 Å². The van der Waals surface area contributed by atoms with E-state index in [2.05, 4.69) is 20.3 Å². The molecule has 0 spiro atoms. The number of nitrogens with two attached hydrogens (primary N) is 1. The van der Waals surface area contributed by atoms with Gasteiger partial charge in [-0.1, -0.05) is 0 Å². The minimum atomic E-state index is -0.599. The van der Waals surface area contributed by atoms with Crippen LogP contribution in [0.25, 0.3) is 11.3 Å². The standard InChI is InChI=1S/C18H17N5O2S/c1-10-9-26-16(23-10)8-22-18(25)14-6-12(15-7-20-3-4-21-15)5-13(11(14)2)17(19)24/h3-7,9H,8H2,1-2H3,(H2,19,24)(H,22,25). The van der Waals surface area contributed by atoms with Gasteiger partial charge in [-0.2, -0.15) is 0 Å².